The van der Waals surface area contributed by atoms with Gasteiger partial charge in [-0.15, -0.1) is 0 Å². The number of rotatable bonds is 9. The molecular weight excluding hydrogens is 306 g/mol. The Labute approximate surface area is 134 Å². The summed E-state index contributed by atoms with van der Waals surface area (Å²) in [4.78, 5) is 45.8. The molecule has 0 radical (unpaired) electrons. The maximum absolute atomic E-state index is 12.2. The Morgan fingerprint density at radius 1 is 0.870 bits per heavy atom. The molecule has 0 unspecified atom stereocenters. The van der Waals surface area contributed by atoms with Gasteiger partial charge < -0.3 is 26.6 Å². The molecule has 0 aromatic heterocycles. The van der Waals surface area contributed by atoms with Gasteiger partial charge in [-0.2, -0.15) is 0 Å². The van der Waals surface area contributed by atoms with Gasteiger partial charge in [0.2, 0.25) is 11.8 Å². The van der Waals surface area contributed by atoms with Gasteiger partial charge in [0, 0.05) is 0 Å². The van der Waals surface area contributed by atoms with Gasteiger partial charge in [-0.25, -0.2) is 4.79 Å². The molecule has 0 bridgehead atoms. The van der Waals surface area contributed by atoms with Crippen LogP contribution in [0.4, 0.5) is 0 Å². The molecule has 0 heterocycles. The monoisotopic (exact) mass is 331 g/mol. The average molecular weight is 331 g/mol. The number of carbonyl (C=O) groups is 4. The largest absolute Gasteiger partial charge is 0.481 e. The van der Waals surface area contributed by atoms with Crippen molar-refractivity contribution >= 4 is 23.8 Å². The summed E-state index contributed by atoms with van der Waals surface area (Å²) >= 11 is 0. The van der Waals surface area contributed by atoms with Gasteiger partial charge in [0.25, 0.3) is 0 Å². The zero-order valence-electron chi connectivity index (χ0n) is 13.7. The minimum absolute atomic E-state index is 0.336. The molecule has 0 aliphatic rings. The minimum atomic E-state index is -1.29. The van der Waals surface area contributed by atoms with Crippen LogP contribution in [0.5, 0.6) is 0 Å². The smallest absolute Gasteiger partial charge is 0.326 e. The molecule has 0 rings (SSSR count). The second kappa shape index (κ2) is 9.09. The molecular formula is C14H25N3O6. The van der Waals surface area contributed by atoms with Crippen LogP contribution in [0, 0.1) is 11.8 Å². The topological polar surface area (TPSA) is 159 Å². The maximum atomic E-state index is 12.2. The molecule has 0 aliphatic carbocycles. The number of hydrogen-bond donors (Lipinski definition) is 5. The normalized spacial score (nSPS) is 14.9. The molecule has 0 saturated carbocycles. The van der Waals surface area contributed by atoms with Crippen LogP contribution in [0.2, 0.25) is 0 Å². The first-order chi connectivity index (χ1) is 10.5. The highest BCUT2D eigenvalue weighted by Gasteiger charge is 2.31. The van der Waals surface area contributed by atoms with Crippen molar-refractivity contribution in [3.63, 3.8) is 0 Å². The summed E-state index contributed by atoms with van der Waals surface area (Å²) < 4.78 is 0. The molecule has 23 heavy (non-hydrogen) atoms. The number of carbonyl (C=O) groups excluding carboxylic acids is 2. The Morgan fingerprint density at radius 2 is 1.30 bits per heavy atom. The van der Waals surface area contributed by atoms with E-state index >= 15 is 0 Å². The number of aliphatic carboxylic acids is 2. The van der Waals surface area contributed by atoms with Crippen molar-refractivity contribution in [2.45, 2.75) is 52.2 Å². The zero-order valence-corrected chi connectivity index (χ0v) is 13.7. The highest BCUT2D eigenvalue weighted by molar-refractivity contribution is 5.93. The Hall–Kier alpha value is -2.16. The number of carboxylic acid groups (broad SMARTS) is 2. The number of hydrogen-bond acceptors (Lipinski definition) is 5. The van der Waals surface area contributed by atoms with E-state index in [2.05, 4.69) is 10.6 Å². The fourth-order valence-electron chi connectivity index (χ4n) is 1.83. The number of carboxylic acids is 2. The van der Waals surface area contributed by atoms with Crippen LogP contribution in [0.15, 0.2) is 0 Å². The first kappa shape index (κ1) is 20.8. The molecule has 9 heteroatoms. The number of nitrogens with two attached hydrogens (primary N) is 1. The van der Waals surface area contributed by atoms with Crippen molar-refractivity contribution in [2.75, 3.05) is 0 Å². The van der Waals surface area contributed by atoms with Gasteiger partial charge >= 0.3 is 11.9 Å². The van der Waals surface area contributed by atoms with Gasteiger partial charge in [-0.3, -0.25) is 14.4 Å². The summed E-state index contributed by atoms with van der Waals surface area (Å²) in [5.74, 6) is -4.52. The molecule has 0 spiro atoms. The van der Waals surface area contributed by atoms with E-state index in [9.17, 15) is 19.2 Å². The Morgan fingerprint density at radius 3 is 1.65 bits per heavy atom. The molecule has 0 fully saturated rings. The van der Waals surface area contributed by atoms with Crippen molar-refractivity contribution in [2.24, 2.45) is 17.6 Å². The molecule has 0 aromatic rings. The third-order valence-corrected chi connectivity index (χ3v) is 3.21. The first-order valence-electron chi connectivity index (χ1n) is 7.28. The first-order valence-corrected chi connectivity index (χ1v) is 7.28. The highest BCUT2D eigenvalue weighted by Crippen LogP contribution is 2.07. The maximum Gasteiger partial charge on any atom is 0.326 e. The Balaban J connectivity index is 4.97. The van der Waals surface area contributed by atoms with Crippen molar-refractivity contribution < 1.29 is 29.4 Å². The molecule has 6 N–H and O–H groups in total. The van der Waals surface area contributed by atoms with Crippen molar-refractivity contribution in [3.8, 4) is 0 Å². The fraction of sp³-hybridized carbons (Fsp3) is 0.714. The zero-order chi connectivity index (χ0) is 18.3. The van der Waals surface area contributed by atoms with E-state index in [1.165, 1.54) is 0 Å². The highest BCUT2D eigenvalue weighted by atomic mass is 16.4. The van der Waals surface area contributed by atoms with Crippen LogP contribution >= 0.6 is 0 Å². The predicted molar refractivity (Wildman–Crippen MR) is 81.4 cm³/mol. The summed E-state index contributed by atoms with van der Waals surface area (Å²) in [6.45, 7) is 6.62. The number of nitrogens with one attached hydrogen (secondary N) is 2. The summed E-state index contributed by atoms with van der Waals surface area (Å²) in [6, 6.07) is -3.39. The fourth-order valence-corrected chi connectivity index (χ4v) is 1.83. The SMILES string of the molecule is CC(C)[C@H](NC(=O)[C@@H](NC(=O)[C@@H](N)CC(=O)O)C(C)C)C(=O)O. The summed E-state index contributed by atoms with van der Waals surface area (Å²) in [5.41, 5.74) is 5.45. The molecule has 2 amide bonds. The lowest BCUT2D eigenvalue weighted by atomic mass is 10.00. The van der Waals surface area contributed by atoms with E-state index in [1.807, 2.05) is 0 Å². The molecule has 0 aromatic carbocycles. The molecule has 9 nitrogen and oxygen atoms in total. The van der Waals surface area contributed by atoms with E-state index in [1.54, 1.807) is 27.7 Å². The predicted octanol–water partition coefficient (Wildman–Crippen LogP) is -0.845. The molecule has 0 aliphatic heterocycles. The third-order valence-electron chi connectivity index (χ3n) is 3.21. The summed E-state index contributed by atoms with van der Waals surface area (Å²) in [5, 5.41) is 22.5. The van der Waals surface area contributed by atoms with Crippen LogP contribution in [0.1, 0.15) is 34.1 Å². The van der Waals surface area contributed by atoms with Crippen LogP contribution in [-0.4, -0.2) is 52.1 Å². The van der Waals surface area contributed by atoms with Crippen molar-refractivity contribution in [1.29, 1.82) is 0 Å². The van der Waals surface area contributed by atoms with Gasteiger partial charge in [0.15, 0.2) is 0 Å². The van der Waals surface area contributed by atoms with E-state index in [0.717, 1.165) is 0 Å². The summed E-state index contributed by atoms with van der Waals surface area (Å²) in [7, 11) is 0. The van der Waals surface area contributed by atoms with Crippen molar-refractivity contribution in [3.05, 3.63) is 0 Å². The Bertz CT molecular complexity index is 463. The molecule has 3 atom stereocenters. The summed E-state index contributed by atoms with van der Waals surface area (Å²) in [6.07, 6.45) is -0.567. The lowest BCUT2D eigenvalue weighted by molar-refractivity contribution is -0.144. The van der Waals surface area contributed by atoms with E-state index in [-0.39, 0.29) is 11.8 Å². The molecule has 0 saturated heterocycles. The van der Waals surface area contributed by atoms with Gasteiger partial charge in [0.05, 0.1) is 12.5 Å². The Kier molecular flexibility index (Phi) is 8.23. The standard InChI is InChI=1S/C14H25N3O6/c1-6(2)10(16-12(20)8(15)5-9(18)19)13(21)17-11(7(3)4)14(22)23/h6-8,10-11H,5,15H2,1-4H3,(H,16,20)(H,17,21)(H,18,19)(H,22,23)/t8-,10-,11-/m0/s1. The van der Waals surface area contributed by atoms with Gasteiger partial charge in [0.1, 0.15) is 12.1 Å². The minimum Gasteiger partial charge on any atom is -0.481 e. The van der Waals surface area contributed by atoms with Crippen LogP contribution in [0.3, 0.4) is 0 Å². The van der Waals surface area contributed by atoms with E-state index in [4.69, 9.17) is 15.9 Å². The van der Waals surface area contributed by atoms with Crippen molar-refractivity contribution in [1.82, 2.24) is 10.6 Å². The second-order valence-electron chi connectivity index (χ2n) is 6.00. The lowest BCUT2D eigenvalue weighted by Crippen LogP contribution is -2.57. The van der Waals surface area contributed by atoms with Gasteiger partial charge in [-0.05, 0) is 11.8 Å². The van der Waals surface area contributed by atoms with E-state index < -0.39 is 48.3 Å². The quantitative estimate of drug-likeness (QED) is 0.368. The van der Waals surface area contributed by atoms with Crippen LogP contribution < -0.4 is 16.4 Å². The van der Waals surface area contributed by atoms with Gasteiger partial charge in [-0.1, -0.05) is 27.7 Å². The van der Waals surface area contributed by atoms with Crippen LogP contribution in [-0.2, 0) is 19.2 Å². The molecule has 132 valence electrons. The third kappa shape index (κ3) is 7.09. The van der Waals surface area contributed by atoms with E-state index in [0.29, 0.717) is 0 Å². The van der Waals surface area contributed by atoms with Crippen LogP contribution in [0.25, 0.3) is 0 Å². The second-order valence-corrected chi connectivity index (χ2v) is 6.00. The average Bonchev–Trinajstić information content (AvgIpc) is 2.39. The lowest BCUT2D eigenvalue weighted by Gasteiger charge is -2.26. The number of amides is 2.